The van der Waals surface area contributed by atoms with E-state index in [-0.39, 0.29) is 18.1 Å². The Morgan fingerprint density at radius 2 is 1.58 bits per heavy atom. The van der Waals surface area contributed by atoms with Gasteiger partial charge >= 0.3 is 11.9 Å². The van der Waals surface area contributed by atoms with E-state index in [0.29, 0.717) is 5.56 Å². The fourth-order valence-electron chi connectivity index (χ4n) is 1.86. The second-order valence-corrected chi connectivity index (χ2v) is 4.74. The number of hydrogen-bond acceptors (Lipinski definition) is 5. The van der Waals surface area contributed by atoms with Gasteiger partial charge in [-0.3, -0.25) is 4.79 Å². The summed E-state index contributed by atoms with van der Waals surface area (Å²) in [5.74, 6) is -1.98. The van der Waals surface area contributed by atoms with Gasteiger partial charge in [0.2, 0.25) is 0 Å². The predicted octanol–water partition coefficient (Wildman–Crippen LogP) is 3.05. The highest BCUT2D eigenvalue weighted by Gasteiger charge is 2.17. The molecule has 2 aromatic rings. The van der Waals surface area contributed by atoms with Crippen LogP contribution in [-0.2, 0) is 14.3 Å². The van der Waals surface area contributed by atoms with E-state index in [4.69, 9.17) is 4.74 Å². The van der Waals surface area contributed by atoms with Gasteiger partial charge in [-0.1, -0.05) is 48.5 Å². The molecule has 5 heteroatoms. The summed E-state index contributed by atoms with van der Waals surface area (Å²) < 4.78 is 9.42. The molecule has 24 heavy (non-hydrogen) atoms. The van der Waals surface area contributed by atoms with Crippen molar-refractivity contribution in [1.29, 1.82) is 0 Å². The summed E-state index contributed by atoms with van der Waals surface area (Å²) in [5, 5.41) is 0. The number of rotatable bonds is 5. The molecule has 0 amide bonds. The average molecular weight is 324 g/mol. The summed E-state index contributed by atoms with van der Waals surface area (Å²) >= 11 is 0. The highest BCUT2D eigenvalue weighted by atomic mass is 16.6. The lowest BCUT2D eigenvalue weighted by molar-refractivity contribution is -0.161. The molecule has 0 atom stereocenters. The molecule has 0 saturated carbocycles. The lowest BCUT2D eigenvalue weighted by atomic mass is 10.1. The molecular formula is C19H16O5. The van der Waals surface area contributed by atoms with Crippen LogP contribution in [0.1, 0.15) is 22.8 Å². The van der Waals surface area contributed by atoms with Gasteiger partial charge in [0.1, 0.15) is 5.75 Å². The lowest BCUT2D eigenvalue weighted by Crippen LogP contribution is -2.22. The number of ether oxygens (including phenoxy) is 2. The van der Waals surface area contributed by atoms with E-state index in [1.807, 2.05) is 6.07 Å². The normalized spacial score (nSPS) is 10.4. The van der Waals surface area contributed by atoms with Crippen molar-refractivity contribution >= 4 is 23.8 Å². The molecule has 122 valence electrons. The first kappa shape index (κ1) is 17.1. The van der Waals surface area contributed by atoms with Crippen LogP contribution in [0.3, 0.4) is 0 Å². The number of ketones is 1. The highest BCUT2D eigenvalue weighted by Crippen LogP contribution is 2.14. The van der Waals surface area contributed by atoms with Crippen molar-refractivity contribution in [2.45, 2.75) is 6.92 Å². The molecule has 0 spiro atoms. The van der Waals surface area contributed by atoms with Crippen molar-refractivity contribution in [3.05, 3.63) is 71.8 Å². The number of hydrogen-bond donors (Lipinski definition) is 0. The van der Waals surface area contributed by atoms with Crippen LogP contribution in [0.25, 0.3) is 6.08 Å². The van der Waals surface area contributed by atoms with Gasteiger partial charge < -0.3 is 9.47 Å². The predicted molar refractivity (Wildman–Crippen MR) is 88.5 cm³/mol. The second kappa shape index (κ2) is 8.43. The maximum atomic E-state index is 12.0. The van der Waals surface area contributed by atoms with Crippen LogP contribution in [-0.4, -0.2) is 24.3 Å². The minimum Gasteiger partial charge on any atom is -0.458 e. The van der Waals surface area contributed by atoms with Gasteiger partial charge in [0, 0.05) is 5.56 Å². The molecule has 0 aromatic heterocycles. The number of esters is 2. The molecular weight excluding hydrogens is 308 g/mol. The Balaban J connectivity index is 1.97. The monoisotopic (exact) mass is 324 g/mol. The van der Waals surface area contributed by atoms with Crippen LogP contribution in [0, 0.1) is 0 Å². The van der Waals surface area contributed by atoms with E-state index >= 15 is 0 Å². The summed E-state index contributed by atoms with van der Waals surface area (Å²) in [6.07, 6.45) is 3.13. The van der Waals surface area contributed by atoms with Crippen LogP contribution in [0.2, 0.25) is 0 Å². The fourth-order valence-corrected chi connectivity index (χ4v) is 1.86. The molecule has 2 aromatic carbocycles. The van der Waals surface area contributed by atoms with Gasteiger partial charge in [0.25, 0.3) is 0 Å². The summed E-state index contributed by atoms with van der Waals surface area (Å²) in [7, 11) is 0. The van der Waals surface area contributed by atoms with Crippen molar-refractivity contribution in [3.8, 4) is 5.75 Å². The minimum atomic E-state index is -1.07. The third-order valence-electron chi connectivity index (χ3n) is 3.02. The summed E-state index contributed by atoms with van der Waals surface area (Å²) in [5.41, 5.74) is 1.36. The molecule has 0 heterocycles. The lowest BCUT2D eigenvalue weighted by Gasteiger charge is -2.03. The zero-order chi connectivity index (χ0) is 17.4. The summed E-state index contributed by atoms with van der Waals surface area (Å²) in [6, 6.07) is 15.3. The Morgan fingerprint density at radius 1 is 0.917 bits per heavy atom. The van der Waals surface area contributed by atoms with Crippen LogP contribution in [0.4, 0.5) is 0 Å². The van der Waals surface area contributed by atoms with Crippen LogP contribution in [0.15, 0.2) is 60.7 Å². The molecule has 2 rings (SSSR count). The van der Waals surface area contributed by atoms with Gasteiger partial charge in [-0.25, -0.2) is 9.59 Å². The van der Waals surface area contributed by atoms with Gasteiger partial charge in [0.05, 0.1) is 6.61 Å². The standard InChI is InChI=1S/C19H16O5/c1-2-23-18(21)19(22)24-16-11-8-14(9-12-16)10-13-17(20)15-6-4-3-5-7-15/h3-13H,2H2,1H3/b13-10+. The topological polar surface area (TPSA) is 69.7 Å². The third kappa shape index (κ3) is 4.91. The van der Waals surface area contributed by atoms with Crippen LogP contribution < -0.4 is 4.74 Å². The molecule has 0 saturated heterocycles. The molecule has 0 aliphatic heterocycles. The molecule has 5 nitrogen and oxygen atoms in total. The number of allylic oxidation sites excluding steroid dienone is 1. The van der Waals surface area contributed by atoms with E-state index < -0.39 is 11.9 Å². The van der Waals surface area contributed by atoms with E-state index in [2.05, 4.69) is 4.74 Å². The van der Waals surface area contributed by atoms with E-state index in [9.17, 15) is 14.4 Å². The fraction of sp³-hybridized carbons (Fsp3) is 0.105. The van der Waals surface area contributed by atoms with Gasteiger partial charge in [-0.05, 0) is 30.7 Å². The quantitative estimate of drug-likeness (QED) is 0.278. The highest BCUT2D eigenvalue weighted by molar-refractivity contribution is 6.30. The van der Waals surface area contributed by atoms with Crippen LogP contribution in [0.5, 0.6) is 5.75 Å². The molecule has 0 fully saturated rings. The van der Waals surface area contributed by atoms with E-state index in [1.54, 1.807) is 49.4 Å². The Kier molecular flexibility index (Phi) is 6.02. The summed E-state index contributed by atoms with van der Waals surface area (Å²) in [4.78, 5) is 34.5. The smallest absolute Gasteiger partial charge is 0.422 e. The van der Waals surface area contributed by atoms with Gasteiger partial charge in [-0.2, -0.15) is 0 Å². The molecule has 0 N–H and O–H groups in total. The van der Waals surface area contributed by atoms with Crippen LogP contribution >= 0.6 is 0 Å². The number of benzene rings is 2. The first-order valence-electron chi connectivity index (χ1n) is 7.36. The molecule has 0 radical (unpaired) electrons. The van der Waals surface area contributed by atoms with Gasteiger partial charge in [0.15, 0.2) is 5.78 Å². The van der Waals surface area contributed by atoms with E-state index in [1.165, 1.54) is 18.2 Å². The Hall–Kier alpha value is -3.21. The van der Waals surface area contributed by atoms with Crippen molar-refractivity contribution in [2.24, 2.45) is 0 Å². The van der Waals surface area contributed by atoms with Crippen molar-refractivity contribution in [2.75, 3.05) is 6.61 Å². The SMILES string of the molecule is CCOC(=O)C(=O)Oc1ccc(/C=C/C(=O)c2ccccc2)cc1. The zero-order valence-corrected chi connectivity index (χ0v) is 13.1. The number of carbonyl (C=O) groups excluding carboxylic acids is 3. The number of carbonyl (C=O) groups is 3. The Labute approximate surface area is 139 Å². The molecule has 0 aliphatic rings. The van der Waals surface area contributed by atoms with Crippen molar-refractivity contribution in [1.82, 2.24) is 0 Å². The first-order chi connectivity index (χ1) is 11.6. The molecule has 0 aliphatic carbocycles. The third-order valence-corrected chi connectivity index (χ3v) is 3.02. The van der Waals surface area contributed by atoms with E-state index in [0.717, 1.165) is 5.56 Å². The van der Waals surface area contributed by atoms with Gasteiger partial charge in [-0.15, -0.1) is 0 Å². The average Bonchev–Trinajstić information content (AvgIpc) is 2.61. The summed E-state index contributed by atoms with van der Waals surface area (Å²) in [6.45, 7) is 1.70. The molecule has 0 bridgehead atoms. The Morgan fingerprint density at radius 3 is 2.21 bits per heavy atom. The maximum absolute atomic E-state index is 12.0. The first-order valence-corrected chi connectivity index (χ1v) is 7.36. The van der Waals surface area contributed by atoms with Crippen molar-refractivity contribution in [3.63, 3.8) is 0 Å². The van der Waals surface area contributed by atoms with Crippen molar-refractivity contribution < 1.29 is 23.9 Å². The minimum absolute atomic E-state index is 0.103. The largest absolute Gasteiger partial charge is 0.458 e. The zero-order valence-electron chi connectivity index (χ0n) is 13.1. The molecule has 0 unspecified atom stereocenters. The Bertz CT molecular complexity index is 745. The maximum Gasteiger partial charge on any atom is 0.422 e. The second-order valence-electron chi connectivity index (χ2n) is 4.74.